The van der Waals surface area contributed by atoms with E-state index in [4.69, 9.17) is 6.42 Å². The van der Waals surface area contributed by atoms with Crippen molar-refractivity contribution in [2.75, 3.05) is 31.5 Å². The topological polar surface area (TPSA) is 57.3 Å². The summed E-state index contributed by atoms with van der Waals surface area (Å²) in [5.74, 6) is 2.94. The highest BCUT2D eigenvalue weighted by molar-refractivity contribution is 5.94. The van der Waals surface area contributed by atoms with E-state index in [9.17, 15) is 4.79 Å². The van der Waals surface area contributed by atoms with Crippen LogP contribution in [0, 0.1) is 12.3 Å². The van der Waals surface area contributed by atoms with E-state index >= 15 is 0 Å². The molecule has 0 spiro atoms. The third kappa shape index (κ3) is 4.84. The fourth-order valence-corrected chi connectivity index (χ4v) is 3.17. The van der Waals surface area contributed by atoms with Crippen LogP contribution in [0.25, 0.3) is 0 Å². The Morgan fingerprint density at radius 1 is 1.19 bits per heavy atom. The van der Waals surface area contributed by atoms with Crippen molar-refractivity contribution in [1.82, 2.24) is 15.2 Å². The fourth-order valence-electron chi connectivity index (χ4n) is 3.17. The second kappa shape index (κ2) is 9.02. The number of terminal acetylenes is 1. The molecule has 5 nitrogen and oxygen atoms in total. The number of pyridine rings is 1. The molecule has 2 N–H and O–H groups in total. The van der Waals surface area contributed by atoms with E-state index in [1.807, 2.05) is 12.1 Å². The SMILES string of the molecule is C#CCNC(=O)c1ccc(NC(CN2CCCC2)c2ccccc2)nc1. The smallest absolute Gasteiger partial charge is 0.253 e. The lowest BCUT2D eigenvalue weighted by Gasteiger charge is -2.25. The molecule has 3 rings (SSSR count). The molecular weight excluding hydrogens is 324 g/mol. The van der Waals surface area contributed by atoms with Gasteiger partial charge in [-0.3, -0.25) is 4.79 Å². The van der Waals surface area contributed by atoms with Crippen LogP contribution < -0.4 is 10.6 Å². The van der Waals surface area contributed by atoms with Gasteiger partial charge in [-0.1, -0.05) is 36.3 Å². The summed E-state index contributed by atoms with van der Waals surface area (Å²) in [6.45, 7) is 3.44. The number of hydrogen-bond donors (Lipinski definition) is 2. The highest BCUT2D eigenvalue weighted by Gasteiger charge is 2.19. The molecule has 0 radical (unpaired) electrons. The van der Waals surface area contributed by atoms with Gasteiger partial charge in [0.15, 0.2) is 0 Å². The number of amides is 1. The number of hydrogen-bond acceptors (Lipinski definition) is 4. The molecule has 0 aliphatic carbocycles. The normalized spacial score (nSPS) is 15.2. The molecule has 1 aliphatic rings. The number of nitrogens with zero attached hydrogens (tertiary/aromatic N) is 2. The van der Waals surface area contributed by atoms with Crippen LogP contribution in [-0.4, -0.2) is 42.0 Å². The van der Waals surface area contributed by atoms with Gasteiger partial charge < -0.3 is 15.5 Å². The van der Waals surface area contributed by atoms with Crippen molar-refractivity contribution in [1.29, 1.82) is 0 Å². The summed E-state index contributed by atoms with van der Waals surface area (Å²) in [5, 5.41) is 6.16. The second-order valence-electron chi connectivity index (χ2n) is 6.43. The van der Waals surface area contributed by atoms with Gasteiger partial charge in [-0.05, 0) is 43.6 Å². The number of likely N-dealkylation sites (tertiary alicyclic amines) is 1. The molecule has 1 amide bonds. The summed E-state index contributed by atoms with van der Waals surface area (Å²) < 4.78 is 0. The Balaban J connectivity index is 1.70. The number of aromatic nitrogens is 1. The average Bonchev–Trinajstić information content (AvgIpc) is 3.20. The molecule has 1 fully saturated rings. The first-order valence-corrected chi connectivity index (χ1v) is 8.98. The minimum atomic E-state index is -0.210. The van der Waals surface area contributed by atoms with Crippen molar-refractivity contribution in [3.8, 4) is 12.3 Å². The second-order valence-corrected chi connectivity index (χ2v) is 6.43. The summed E-state index contributed by atoms with van der Waals surface area (Å²) in [4.78, 5) is 18.8. The van der Waals surface area contributed by atoms with Crippen LogP contribution in [0.1, 0.15) is 34.8 Å². The Kier molecular flexibility index (Phi) is 6.24. The Labute approximate surface area is 154 Å². The third-order valence-electron chi connectivity index (χ3n) is 4.54. The van der Waals surface area contributed by atoms with E-state index < -0.39 is 0 Å². The molecule has 134 valence electrons. The maximum Gasteiger partial charge on any atom is 0.253 e. The molecule has 1 aromatic carbocycles. The first kappa shape index (κ1) is 18.0. The molecule has 1 saturated heterocycles. The number of nitrogens with one attached hydrogen (secondary N) is 2. The lowest BCUT2D eigenvalue weighted by molar-refractivity contribution is 0.0958. The predicted molar refractivity (Wildman–Crippen MR) is 104 cm³/mol. The monoisotopic (exact) mass is 348 g/mol. The molecule has 2 heterocycles. The van der Waals surface area contributed by atoms with Crippen LogP contribution in [-0.2, 0) is 0 Å². The van der Waals surface area contributed by atoms with Gasteiger partial charge in [0.1, 0.15) is 5.82 Å². The van der Waals surface area contributed by atoms with Gasteiger partial charge in [0.05, 0.1) is 18.2 Å². The van der Waals surface area contributed by atoms with Crippen LogP contribution >= 0.6 is 0 Å². The number of carbonyl (C=O) groups is 1. The summed E-state index contributed by atoms with van der Waals surface area (Å²) in [6, 6.07) is 14.2. The van der Waals surface area contributed by atoms with Gasteiger partial charge in [0.2, 0.25) is 0 Å². The Bertz CT molecular complexity index is 746. The van der Waals surface area contributed by atoms with E-state index in [0.717, 1.165) is 25.5 Å². The highest BCUT2D eigenvalue weighted by atomic mass is 16.1. The third-order valence-corrected chi connectivity index (χ3v) is 4.54. The Morgan fingerprint density at radius 2 is 1.96 bits per heavy atom. The number of benzene rings is 1. The molecule has 0 bridgehead atoms. The summed E-state index contributed by atoms with van der Waals surface area (Å²) in [5.41, 5.74) is 1.73. The molecule has 1 atom stereocenters. The summed E-state index contributed by atoms with van der Waals surface area (Å²) in [6.07, 6.45) is 9.27. The van der Waals surface area contributed by atoms with Gasteiger partial charge in [0, 0.05) is 12.7 Å². The first-order valence-electron chi connectivity index (χ1n) is 8.98. The molecule has 26 heavy (non-hydrogen) atoms. The Morgan fingerprint density at radius 3 is 2.62 bits per heavy atom. The van der Waals surface area contributed by atoms with Crippen molar-refractivity contribution < 1.29 is 4.79 Å². The van der Waals surface area contributed by atoms with Crippen LogP contribution in [0.3, 0.4) is 0 Å². The minimum Gasteiger partial charge on any atom is -0.362 e. The Hall–Kier alpha value is -2.84. The molecular formula is C21H24N4O. The molecule has 2 aromatic rings. The largest absolute Gasteiger partial charge is 0.362 e. The van der Waals surface area contributed by atoms with Crippen LogP contribution in [0.15, 0.2) is 48.7 Å². The zero-order chi connectivity index (χ0) is 18.2. The molecule has 5 heteroatoms. The van der Waals surface area contributed by atoms with Crippen LogP contribution in [0.5, 0.6) is 0 Å². The molecule has 1 aromatic heterocycles. The quantitative estimate of drug-likeness (QED) is 0.756. The predicted octanol–water partition coefficient (Wildman–Crippen LogP) is 2.69. The average molecular weight is 348 g/mol. The van der Waals surface area contributed by atoms with Crippen molar-refractivity contribution in [3.63, 3.8) is 0 Å². The molecule has 1 unspecified atom stereocenters. The molecule has 0 saturated carbocycles. The number of anilines is 1. The van der Waals surface area contributed by atoms with Crippen LogP contribution in [0.4, 0.5) is 5.82 Å². The fraction of sp³-hybridized carbons (Fsp3) is 0.333. The van der Waals surface area contributed by atoms with Crippen molar-refractivity contribution >= 4 is 11.7 Å². The van der Waals surface area contributed by atoms with Gasteiger partial charge in [-0.25, -0.2) is 4.98 Å². The van der Waals surface area contributed by atoms with E-state index in [1.165, 1.54) is 18.4 Å². The maximum atomic E-state index is 11.9. The number of carbonyl (C=O) groups excluding carboxylic acids is 1. The zero-order valence-corrected chi connectivity index (χ0v) is 14.8. The standard InChI is InChI=1S/C21H24N4O/c1-2-12-22-21(26)18-10-11-20(23-15-18)24-19(16-25-13-6-7-14-25)17-8-4-3-5-9-17/h1,3-5,8-11,15,19H,6-7,12-14,16H2,(H,22,26)(H,23,24). The van der Waals surface area contributed by atoms with Crippen LogP contribution in [0.2, 0.25) is 0 Å². The van der Waals surface area contributed by atoms with Gasteiger partial charge in [-0.2, -0.15) is 0 Å². The molecule has 1 aliphatic heterocycles. The zero-order valence-electron chi connectivity index (χ0n) is 14.8. The van der Waals surface area contributed by atoms with Crippen molar-refractivity contribution in [3.05, 3.63) is 59.8 Å². The lowest BCUT2D eigenvalue weighted by atomic mass is 10.1. The van der Waals surface area contributed by atoms with Gasteiger partial charge >= 0.3 is 0 Å². The van der Waals surface area contributed by atoms with E-state index in [1.54, 1.807) is 12.3 Å². The van der Waals surface area contributed by atoms with E-state index in [2.05, 4.69) is 50.7 Å². The summed E-state index contributed by atoms with van der Waals surface area (Å²) >= 11 is 0. The number of rotatable bonds is 7. The van der Waals surface area contributed by atoms with Crippen molar-refractivity contribution in [2.45, 2.75) is 18.9 Å². The maximum absolute atomic E-state index is 11.9. The first-order chi connectivity index (χ1) is 12.8. The highest BCUT2D eigenvalue weighted by Crippen LogP contribution is 2.21. The minimum absolute atomic E-state index is 0.155. The van der Waals surface area contributed by atoms with E-state index in [-0.39, 0.29) is 18.5 Å². The van der Waals surface area contributed by atoms with E-state index in [0.29, 0.717) is 5.56 Å². The van der Waals surface area contributed by atoms with Gasteiger partial charge in [0.25, 0.3) is 5.91 Å². The van der Waals surface area contributed by atoms with Gasteiger partial charge in [-0.15, -0.1) is 6.42 Å². The summed E-state index contributed by atoms with van der Waals surface area (Å²) in [7, 11) is 0. The van der Waals surface area contributed by atoms with Crippen molar-refractivity contribution in [2.24, 2.45) is 0 Å². The lowest BCUT2D eigenvalue weighted by Crippen LogP contribution is -2.29.